The predicted octanol–water partition coefficient (Wildman–Crippen LogP) is 4.68. The SMILES string of the molecule is Nc1c(Br)c(C2CCC(CC(=O)O)CC2)nc2c(-c3ccn(-c4cccnc4)c3)cnn12. The molecule has 5 rings (SSSR count). The minimum atomic E-state index is -0.722. The molecule has 32 heavy (non-hydrogen) atoms. The number of rotatable bonds is 5. The topological polar surface area (TPSA) is 111 Å². The molecule has 0 atom stereocenters. The van der Waals surface area contributed by atoms with Gasteiger partial charge in [-0.2, -0.15) is 9.61 Å². The lowest BCUT2D eigenvalue weighted by Gasteiger charge is -2.28. The van der Waals surface area contributed by atoms with E-state index in [2.05, 4.69) is 26.0 Å². The van der Waals surface area contributed by atoms with Crippen molar-refractivity contribution < 1.29 is 9.90 Å². The Hall–Kier alpha value is -3.20. The molecular formula is C23H23BrN6O2. The molecule has 0 radical (unpaired) electrons. The van der Waals surface area contributed by atoms with Crippen LogP contribution in [-0.2, 0) is 4.79 Å². The van der Waals surface area contributed by atoms with Crippen molar-refractivity contribution in [1.82, 2.24) is 24.1 Å². The molecule has 0 spiro atoms. The van der Waals surface area contributed by atoms with Crippen LogP contribution in [0.3, 0.4) is 0 Å². The number of carboxylic acid groups (broad SMARTS) is 1. The van der Waals surface area contributed by atoms with Crippen LogP contribution in [0.15, 0.2) is 53.7 Å². The number of carbonyl (C=O) groups is 1. The maximum atomic E-state index is 11.0. The van der Waals surface area contributed by atoms with E-state index in [1.165, 1.54) is 0 Å². The fraction of sp³-hybridized carbons (Fsp3) is 0.304. The van der Waals surface area contributed by atoms with Crippen molar-refractivity contribution in [3.05, 3.63) is 59.3 Å². The maximum absolute atomic E-state index is 11.0. The summed E-state index contributed by atoms with van der Waals surface area (Å²) < 4.78 is 4.45. The van der Waals surface area contributed by atoms with E-state index in [0.717, 1.165) is 58.3 Å². The number of anilines is 1. The first kappa shape index (κ1) is 20.7. The fourth-order valence-electron chi connectivity index (χ4n) is 4.60. The monoisotopic (exact) mass is 494 g/mol. The minimum absolute atomic E-state index is 0.237. The average Bonchev–Trinajstić information content (AvgIpc) is 3.44. The minimum Gasteiger partial charge on any atom is -0.481 e. The van der Waals surface area contributed by atoms with Crippen LogP contribution >= 0.6 is 15.9 Å². The zero-order valence-electron chi connectivity index (χ0n) is 17.4. The van der Waals surface area contributed by atoms with Gasteiger partial charge < -0.3 is 15.4 Å². The van der Waals surface area contributed by atoms with Gasteiger partial charge in [0.1, 0.15) is 5.82 Å². The van der Waals surface area contributed by atoms with E-state index >= 15 is 0 Å². The first-order chi connectivity index (χ1) is 15.5. The van der Waals surface area contributed by atoms with Crippen LogP contribution < -0.4 is 5.73 Å². The summed E-state index contributed by atoms with van der Waals surface area (Å²) >= 11 is 3.64. The van der Waals surface area contributed by atoms with Crippen LogP contribution in [-0.4, -0.2) is 35.2 Å². The largest absolute Gasteiger partial charge is 0.481 e. The summed E-state index contributed by atoms with van der Waals surface area (Å²) in [6, 6.07) is 5.93. The number of fused-ring (bicyclic) bond motifs is 1. The highest BCUT2D eigenvalue weighted by Gasteiger charge is 2.28. The molecule has 0 amide bonds. The van der Waals surface area contributed by atoms with Crippen molar-refractivity contribution in [3.8, 4) is 16.8 Å². The van der Waals surface area contributed by atoms with Crippen molar-refractivity contribution in [3.63, 3.8) is 0 Å². The lowest BCUT2D eigenvalue weighted by Crippen LogP contribution is -2.18. The van der Waals surface area contributed by atoms with Crippen LogP contribution in [0.5, 0.6) is 0 Å². The average molecular weight is 495 g/mol. The van der Waals surface area contributed by atoms with Gasteiger partial charge in [0.15, 0.2) is 5.65 Å². The molecule has 0 aliphatic heterocycles. The number of nitrogens with zero attached hydrogens (tertiary/aromatic N) is 5. The van der Waals surface area contributed by atoms with Crippen LogP contribution in [0.4, 0.5) is 5.82 Å². The number of pyridine rings is 1. The number of hydrogen-bond donors (Lipinski definition) is 2. The quantitative estimate of drug-likeness (QED) is 0.416. The number of nitrogen functional groups attached to an aromatic ring is 1. The number of aromatic nitrogens is 5. The van der Waals surface area contributed by atoms with Gasteiger partial charge in [0.05, 0.1) is 28.2 Å². The van der Waals surface area contributed by atoms with Crippen molar-refractivity contribution in [1.29, 1.82) is 0 Å². The Labute approximate surface area is 193 Å². The maximum Gasteiger partial charge on any atom is 0.303 e. The second-order valence-electron chi connectivity index (χ2n) is 8.32. The summed E-state index contributed by atoms with van der Waals surface area (Å²) in [6.07, 6.45) is 13.2. The summed E-state index contributed by atoms with van der Waals surface area (Å²) in [5.41, 5.74) is 11.0. The van der Waals surface area contributed by atoms with E-state index in [9.17, 15) is 4.79 Å². The van der Waals surface area contributed by atoms with Gasteiger partial charge in [-0.25, -0.2) is 4.98 Å². The van der Waals surface area contributed by atoms with Gasteiger partial charge in [-0.1, -0.05) is 0 Å². The lowest BCUT2D eigenvalue weighted by molar-refractivity contribution is -0.138. The normalized spacial score (nSPS) is 18.8. The third kappa shape index (κ3) is 3.77. The molecule has 4 aromatic rings. The fourth-order valence-corrected chi connectivity index (χ4v) is 5.18. The van der Waals surface area contributed by atoms with E-state index in [0.29, 0.717) is 5.82 Å². The number of aliphatic carboxylic acids is 1. The molecule has 9 heteroatoms. The number of halogens is 1. The molecule has 4 heterocycles. The van der Waals surface area contributed by atoms with E-state index in [-0.39, 0.29) is 18.3 Å². The Morgan fingerprint density at radius 3 is 2.75 bits per heavy atom. The van der Waals surface area contributed by atoms with Gasteiger partial charge in [-0.15, -0.1) is 0 Å². The molecule has 1 saturated carbocycles. The summed E-state index contributed by atoms with van der Waals surface area (Å²) in [5.74, 6) is 0.280. The number of hydrogen-bond acceptors (Lipinski definition) is 5. The van der Waals surface area contributed by atoms with Gasteiger partial charge in [-0.05, 0) is 65.7 Å². The molecule has 0 saturated heterocycles. The van der Waals surface area contributed by atoms with Gasteiger partial charge in [0, 0.05) is 42.1 Å². The molecule has 0 unspecified atom stereocenters. The Kier molecular flexibility index (Phi) is 5.42. The highest BCUT2D eigenvalue weighted by molar-refractivity contribution is 9.10. The van der Waals surface area contributed by atoms with E-state index in [4.69, 9.17) is 15.8 Å². The van der Waals surface area contributed by atoms with Crippen LogP contribution in [0.2, 0.25) is 0 Å². The molecule has 164 valence electrons. The van der Waals surface area contributed by atoms with Crippen LogP contribution in [0, 0.1) is 5.92 Å². The van der Waals surface area contributed by atoms with Crippen molar-refractivity contribution in [2.45, 2.75) is 38.0 Å². The Bertz CT molecular complexity index is 1270. The molecule has 0 bridgehead atoms. The Morgan fingerprint density at radius 2 is 2.03 bits per heavy atom. The van der Waals surface area contributed by atoms with Crippen LogP contribution in [0.1, 0.15) is 43.7 Å². The summed E-state index contributed by atoms with van der Waals surface area (Å²) in [6.45, 7) is 0. The lowest BCUT2D eigenvalue weighted by atomic mass is 9.79. The van der Waals surface area contributed by atoms with E-state index in [1.807, 2.05) is 41.4 Å². The van der Waals surface area contributed by atoms with E-state index < -0.39 is 5.97 Å². The zero-order chi connectivity index (χ0) is 22.2. The van der Waals surface area contributed by atoms with Gasteiger partial charge in [0.2, 0.25) is 0 Å². The van der Waals surface area contributed by atoms with Crippen molar-refractivity contribution in [2.75, 3.05) is 5.73 Å². The Balaban J connectivity index is 1.49. The second-order valence-corrected chi connectivity index (χ2v) is 9.12. The van der Waals surface area contributed by atoms with Crippen LogP contribution in [0.25, 0.3) is 22.5 Å². The Morgan fingerprint density at radius 1 is 1.22 bits per heavy atom. The molecule has 4 aromatic heterocycles. The zero-order valence-corrected chi connectivity index (χ0v) is 18.9. The first-order valence-electron chi connectivity index (χ1n) is 10.6. The molecule has 3 N–H and O–H groups in total. The standard InChI is InChI=1S/C23H23BrN6O2/c24-20-21(15-5-3-14(4-6-15)10-19(31)32)28-23-18(12-27-30(23)22(20)25)16-7-9-29(13-16)17-2-1-8-26-11-17/h1-2,7-9,11-15H,3-6,10,25H2,(H,31,32). The third-order valence-corrected chi connectivity index (χ3v) is 7.11. The highest BCUT2D eigenvalue weighted by atomic mass is 79.9. The van der Waals surface area contributed by atoms with Crippen molar-refractivity contribution >= 4 is 33.4 Å². The third-order valence-electron chi connectivity index (χ3n) is 6.29. The molecule has 1 fully saturated rings. The van der Waals surface area contributed by atoms with Gasteiger partial charge in [-0.3, -0.25) is 9.78 Å². The molecule has 1 aliphatic carbocycles. The molecular weight excluding hydrogens is 472 g/mol. The van der Waals surface area contributed by atoms with Gasteiger partial charge in [0.25, 0.3) is 0 Å². The molecule has 0 aromatic carbocycles. The predicted molar refractivity (Wildman–Crippen MR) is 125 cm³/mol. The highest BCUT2D eigenvalue weighted by Crippen LogP contribution is 2.41. The van der Waals surface area contributed by atoms with Gasteiger partial charge >= 0.3 is 5.97 Å². The summed E-state index contributed by atoms with van der Waals surface area (Å²) in [5, 5.41) is 13.6. The number of carboxylic acids is 1. The van der Waals surface area contributed by atoms with E-state index in [1.54, 1.807) is 16.9 Å². The van der Waals surface area contributed by atoms with Crippen molar-refractivity contribution in [2.24, 2.45) is 5.92 Å². The number of nitrogens with two attached hydrogens (primary N) is 1. The second kappa shape index (κ2) is 8.38. The molecule has 1 aliphatic rings. The summed E-state index contributed by atoms with van der Waals surface area (Å²) in [4.78, 5) is 20.2. The smallest absolute Gasteiger partial charge is 0.303 e. The summed E-state index contributed by atoms with van der Waals surface area (Å²) in [7, 11) is 0. The molecule has 8 nitrogen and oxygen atoms in total. The first-order valence-corrected chi connectivity index (χ1v) is 11.4.